The first-order valence-corrected chi connectivity index (χ1v) is 11.0. The molecule has 5 rings (SSSR count). The van der Waals surface area contributed by atoms with Crippen molar-refractivity contribution < 1.29 is 9.90 Å². The molecule has 1 atom stereocenters. The van der Waals surface area contributed by atoms with Crippen LogP contribution in [0.3, 0.4) is 0 Å². The van der Waals surface area contributed by atoms with Crippen LogP contribution < -0.4 is 10.5 Å². The van der Waals surface area contributed by atoms with Gasteiger partial charge in [0.1, 0.15) is 5.52 Å². The summed E-state index contributed by atoms with van der Waals surface area (Å²) in [6, 6.07) is 7.90. The number of fused-ring (bicyclic) bond motifs is 1. The second-order valence-electron chi connectivity index (χ2n) is 8.23. The van der Waals surface area contributed by atoms with Crippen molar-refractivity contribution >= 4 is 34.3 Å². The average Bonchev–Trinajstić information content (AvgIpc) is 3.47. The second-order valence-corrected chi connectivity index (χ2v) is 8.67. The Hall–Kier alpha value is -3.66. The van der Waals surface area contributed by atoms with E-state index in [1.165, 1.54) is 17.1 Å². The van der Waals surface area contributed by atoms with Gasteiger partial charge in [-0.2, -0.15) is 10.2 Å². The van der Waals surface area contributed by atoms with E-state index < -0.39 is 5.97 Å². The summed E-state index contributed by atoms with van der Waals surface area (Å²) in [5.74, 6) is -0.600. The Kier molecular flexibility index (Phi) is 5.37. The highest BCUT2D eigenvalue weighted by Gasteiger charge is 2.27. The van der Waals surface area contributed by atoms with Gasteiger partial charge in [-0.3, -0.25) is 14.5 Å². The summed E-state index contributed by atoms with van der Waals surface area (Å²) >= 11 is 6.00. The average molecular weight is 468 g/mol. The van der Waals surface area contributed by atoms with Crippen molar-refractivity contribution in [2.24, 2.45) is 5.92 Å². The van der Waals surface area contributed by atoms with Crippen molar-refractivity contribution in [3.63, 3.8) is 0 Å². The molecule has 1 aliphatic heterocycles. The van der Waals surface area contributed by atoms with Crippen LogP contribution in [0.15, 0.2) is 47.7 Å². The first-order chi connectivity index (χ1) is 15.9. The maximum atomic E-state index is 12.9. The van der Waals surface area contributed by atoms with Crippen LogP contribution >= 0.6 is 11.6 Å². The SMILES string of the molecule is C[C@@H](C1CCN(c2ccc(Cl)cc2)CC1)n1ncc2nc(-n3cc(C(=O)O)cn3)[nH]c(=O)c21. The van der Waals surface area contributed by atoms with Gasteiger partial charge in [-0.25, -0.2) is 14.5 Å². The van der Waals surface area contributed by atoms with Gasteiger partial charge in [0.15, 0.2) is 5.52 Å². The molecule has 0 bridgehead atoms. The number of aromatic amines is 1. The lowest BCUT2D eigenvalue weighted by Crippen LogP contribution is -2.36. The number of carboxylic acids is 1. The van der Waals surface area contributed by atoms with Crippen LogP contribution in [0.25, 0.3) is 17.0 Å². The molecule has 0 radical (unpaired) electrons. The van der Waals surface area contributed by atoms with Crippen LogP contribution in [0, 0.1) is 5.92 Å². The van der Waals surface area contributed by atoms with Gasteiger partial charge in [0, 0.05) is 30.0 Å². The number of nitrogens with one attached hydrogen (secondary N) is 1. The molecule has 1 aromatic carbocycles. The van der Waals surface area contributed by atoms with E-state index in [0.717, 1.165) is 36.6 Å². The Morgan fingerprint density at radius 2 is 1.91 bits per heavy atom. The summed E-state index contributed by atoms with van der Waals surface area (Å²) in [7, 11) is 0. The Labute approximate surface area is 193 Å². The third kappa shape index (κ3) is 3.97. The smallest absolute Gasteiger partial charge is 0.338 e. The van der Waals surface area contributed by atoms with Crippen molar-refractivity contribution in [1.82, 2.24) is 29.5 Å². The molecule has 1 aliphatic rings. The predicted octanol–water partition coefficient (Wildman–Crippen LogP) is 3.13. The van der Waals surface area contributed by atoms with Gasteiger partial charge in [0.2, 0.25) is 5.95 Å². The van der Waals surface area contributed by atoms with Gasteiger partial charge in [0.25, 0.3) is 5.56 Å². The number of carbonyl (C=O) groups is 1. The van der Waals surface area contributed by atoms with E-state index in [2.05, 4.69) is 32.0 Å². The van der Waals surface area contributed by atoms with Gasteiger partial charge in [0.05, 0.1) is 24.0 Å². The number of nitrogens with zero attached hydrogens (tertiary/aromatic N) is 6. The lowest BCUT2D eigenvalue weighted by atomic mass is 9.90. The molecule has 33 heavy (non-hydrogen) atoms. The van der Waals surface area contributed by atoms with E-state index in [-0.39, 0.29) is 23.1 Å². The number of benzene rings is 1. The van der Waals surface area contributed by atoms with Gasteiger partial charge >= 0.3 is 5.97 Å². The summed E-state index contributed by atoms with van der Waals surface area (Å²) < 4.78 is 2.98. The Balaban J connectivity index is 1.36. The molecule has 11 heteroatoms. The van der Waals surface area contributed by atoms with Crippen molar-refractivity contribution in [1.29, 1.82) is 0 Å². The van der Waals surface area contributed by atoms with Crippen LogP contribution in [0.5, 0.6) is 0 Å². The molecule has 1 fully saturated rings. The van der Waals surface area contributed by atoms with Crippen molar-refractivity contribution in [3.8, 4) is 5.95 Å². The largest absolute Gasteiger partial charge is 0.478 e. The lowest BCUT2D eigenvalue weighted by Gasteiger charge is -2.36. The predicted molar refractivity (Wildman–Crippen MR) is 123 cm³/mol. The topological polar surface area (TPSA) is 122 Å². The highest BCUT2D eigenvalue weighted by Crippen LogP contribution is 2.32. The molecule has 3 aromatic heterocycles. The summed E-state index contributed by atoms with van der Waals surface area (Å²) in [5, 5.41) is 18.3. The van der Waals surface area contributed by atoms with Crippen molar-refractivity contribution in [2.45, 2.75) is 25.8 Å². The third-order valence-corrected chi connectivity index (χ3v) is 6.54. The Morgan fingerprint density at radius 1 is 1.18 bits per heavy atom. The summed E-state index contributed by atoms with van der Waals surface area (Å²) in [6.07, 6.45) is 6.01. The van der Waals surface area contributed by atoms with E-state index in [0.29, 0.717) is 17.0 Å². The highest BCUT2D eigenvalue weighted by molar-refractivity contribution is 6.30. The highest BCUT2D eigenvalue weighted by atomic mass is 35.5. The van der Waals surface area contributed by atoms with Crippen molar-refractivity contribution in [3.05, 3.63) is 63.8 Å². The molecule has 2 N–H and O–H groups in total. The molecule has 4 aromatic rings. The van der Waals surface area contributed by atoms with Crippen LogP contribution in [-0.4, -0.2) is 53.7 Å². The quantitative estimate of drug-likeness (QED) is 0.462. The standard InChI is InChI=1S/C22H22ClN7O3/c1-13(14-6-8-28(9-7-14)17-4-2-16(23)3-5-17)30-19-18(11-25-30)26-22(27-20(19)31)29-12-15(10-24-29)21(32)33/h2-5,10-14H,6-9H2,1H3,(H,32,33)(H,26,27,31)/t13-/m0/s1. The molecule has 0 spiro atoms. The third-order valence-electron chi connectivity index (χ3n) is 6.29. The number of piperidine rings is 1. The number of aromatic carboxylic acids is 1. The summed E-state index contributed by atoms with van der Waals surface area (Å²) in [5.41, 5.74) is 1.66. The monoisotopic (exact) mass is 467 g/mol. The first kappa shape index (κ1) is 21.2. The number of carboxylic acid groups (broad SMARTS) is 1. The number of halogens is 1. The van der Waals surface area contributed by atoms with E-state index in [1.54, 1.807) is 10.9 Å². The van der Waals surface area contributed by atoms with E-state index >= 15 is 0 Å². The minimum absolute atomic E-state index is 0.00649. The Morgan fingerprint density at radius 3 is 2.58 bits per heavy atom. The van der Waals surface area contributed by atoms with Crippen LogP contribution in [0.2, 0.25) is 5.02 Å². The van der Waals surface area contributed by atoms with Gasteiger partial charge in [-0.05, 0) is 49.9 Å². The fourth-order valence-electron chi connectivity index (χ4n) is 4.42. The maximum Gasteiger partial charge on any atom is 0.338 e. The molecular weight excluding hydrogens is 446 g/mol. The molecule has 170 valence electrons. The number of H-pyrrole nitrogens is 1. The number of anilines is 1. The van der Waals surface area contributed by atoms with Gasteiger partial charge < -0.3 is 10.0 Å². The summed E-state index contributed by atoms with van der Waals surface area (Å²) in [6.45, 7) is 3.91. The zero-order valence-electron chi connectivity index (χ0n) is 17.8. The molecule has 4 heterocycles. The molecule has 0 amide bonds. The van der Waals surface area contributed by atoms with E-state index in [9.17, 15) is 9.59 Å². The summed E-state index contributed by atoms with van der Waals surface area (Å²) in [4.78, 5) is 33.5. The number of aromatic nitrogens is 6. The van der Waals surface area contributed by atoms with Gasteiger partial charge in [-0.1, -0.05) is 11.6 Å². The molecule has 0 aliphatic carbocycles. The lowest BCUT2D eigenvalue weighted by molar-refractivity contribution is 0.0697. The van der Waals surface area contributed by atoms with Gasteiger partial charge in [-0.15, -0.1) is 0 Å². The van der Waals surface area contributed by atoms with Crippen LogP contribution in [0.1, 0.15) is 36.2 Å². The van der Waals surface area contributed by atoms with E-state index in [1.807, 2.05) is 24.3 Å². The number of rotatable bonds is 5. The fourth-order valence-corrected chi connectivity index (χ4v) is 4.54. The van der Waals surface area contributed by atoms with Crippen LogP contribution in [-0.2, 0) is 0 Å². The fraction of sp³-hybridized carbons (Fsp3) is 0.318. The van der Waals surface area contributed by atoms with Crippen molar-refractivity contribution in [2.75, 3.05) is 18.0 Å². The first-order valence-electron chi connectivity index (χ1n) is 10.7. The van der Waals surface area contributed by atoms with Crippen LogP contribution in [0.4, 0.5) is 5.69 Å². The minimum Gasteiger partial charge on any atom is -0.478 e. The molecule has 10 nitrogen and oxygen atoms in total. The zero-order valence-corrected chi connectivity index (χ0v) is 18.6. The normalized spacial score (nSPS) is 15.8. The second kappa shape index (κ2) is 8.36. The number of hydrogen-bond acceptors (Lipinski definition) is 6. The molecular formula is C22H22ClN7O3. The zero-order chi connectivity index (χ0) is 23.1. The maximum absolute atomic E-state index is 12.9. The molecule has 0 unspecified atom stereocenters. The van der Waals surface area contributed by atoms with E-state index in [4.69, 9.17) is 16.7 Å². The number of hydrogen-bond donors (Lipinski definition) is 2. The molecule has 0 saturated carbocycles. The minimum atomic E-state index is -1.10. The molecule has 1 saturated heterocycles. The Bertz CT molecular complexity index is 1370.